The minimum Gasteiger partial charge on any atom is -0.456 e. The number of furan rings is 1. The SMILES string of the molecule is [B]c1c([B])c(-c2c([B])c([B])c([B])c3c([B])c([B])c4c([B])c([B])c([B])c([B])c4c23)c([B])c([B])c1-c1c2c([B])c([B])c([B])c([B])c2c(-c2c([B])c([B])c3oc4c5c([B])c([B])c([B])c([B])c5c([B])c([B])c4c3c2[B])c2c([B])c([B])c([B])c([B])c12. The van der Waals surface area contributed by atoms with Gasteiger partial charge in [-0.1, -0.05) is 115 Å². The van der Waals surface area contributed by atoms with Crippen molar-refractivity contribution in [3.8, 4) is 33.4 Å². The molecule has 31 heteroatoms. The Morgan fingerprint density at radius 3 is 0.679 bits per heavy atom. The standard InChI is InChI=1S/C50B30O/c51-19-10(36(68)48(80)50-17(19)18-37(69)32(64)15-16(49(18)81-50)38(70)47(79)46(78)35(15)67)1-4-6(22(54)42(74)40(72)20(4)52)2(7-5(1)21(53)41(73)43(75)23(7)55)11-26(58)29(61)13(30(62)27(11)59)8-3-9-14(34(66)45(77)44(76)25(9)57)31(63)28(60)12(3)33(65)39(71)24(8)56. The molecule has 81 heavy (non-hydrogen) atoms. The van der Waals surface area contributed by atoms with Crippen LogP contribution in [0.3, 0.4) is 0 Å². The molecule has 10 aromatic carbocycles. The van der Waals surface area contributed by atoms with Crippen molar-refractivity contribution in [2.45, 2.75) is 0 Å². The highest BCUT2D eigenvalue weighted by molar-refractivity contribution is 6.79. The lowest BCUT2D eigenvalue weighted by atomic mass is 9.55. The van der Waals surface area contributed by atoms with Crippen LogP contribution in [0.1, 0.15) is 0 Å². The van der Waals surface area contributed by atoms with Crippen molar-refractivity contribution in [3.05, 3.63) is 0 Å². The van der Waals surface area contributed by atoms with Crippen LogP contribution in [-0.2, 0) is 0 Å². The van der Waals surface area contributed by atoms with Crippen LogP contribution in [0.15, 0.2) is 4.42 Å². The van der Waals surface area contributed by atoms with Crippen LogP contribution >= 0.6 is 0 Å². The van der Waals surface area contributed by atoms with E-state index in [1.165, 1.54) is 0 Å². The smallest absolute Gasteiger partial charge is 0.141 e. The second-order valence-corrected chi connectivity index (χ2v) is 19.9. The third-order valence-electron chi connectivity index (χ3n) is 16.0. The Balaban J connectivity index is 1.37. The molecule has 11 aromatic rings. The summed E-state index contributed by atoms with van der Waals surface area (Å²) in [5, 5.41) is 0.554. The molecule has 0 N–H and O–H groups in total. The average molecular weight is 941 g/mol. The van der Waals surface area contributed by atoms with Gasteiger partial charge in [0.25, 0.3) is 0 Å². The van der Waals surface area contributed by atoms with Gasteiger partial charge in [-0.05, 0) is 81.9 Å². The largest absolute Gasteiger partial charge is 0.456 e. The fourth-order valence-corrected chi connectivity index (χ4v) is 11.8. The highest BCUT2D eigenvalue weighted by atomic mass is 16.3. The quantitative estimate of drug-likeness (QED) is 0.0977. The molecule has 1 aromatic heterocycles. The van der Waals surface area contributed by atoms with Crippen LogP contribution in [0.2, 0.25) is 0 Å². The molecule has 0 aliphatic heterocycles. The average Bonchev–Trinajstić information content (AvgIpc) is 2.50. The van der Waals surface area contributed by atoms with E-state index in [4.69, 9.17) is 240 Å². The van der Waals surface area contributed by atoms with Crippen LogP contribution in [-0.4, -0.2) is 235 Å². The van der Waals surface area contributed by atoms with Crippen molar-refractivity contribution >= 4 is 475 Å². The van der Waals surface area contributed by atoms with Crippen molar-refractivity contribution in [2.24, 2.45) is 0 Å². The van der Waals surface area contributed by atoms with Crippen molar-refractivity contribution in [3.63, 3.8) is 0 Å². The molecule has 0 atom stereocenters. The minimum absolute atomic E-state index is 0.00682. The topological polar surface area (TPSA) is 13.1 Å². The van der Waals surface area contributed by atoms with Crippen LogP contribution in [0, 0.1) is 0 Å². The van der Waals surface area contributed by atoms with Crippen LogP contribution < -0.4 is 164 Å². The lowest BCUT2D eigenvalue weighted by Gasteiger charge is -2.33. The Morgan fingerprint density at radius 1 is 0.111 bits per heavy atom. The van der Waals surface area contributed by atoms with Gasteiger partial charge in [0.05, 0.1) is 0 Å². The third-order valence-corrected chi connectivity index (χ3v) is 16.0. The van der Waals surface area contributed by atoms with E-state index in [1.807, 2.05) is 0 Å². The summed E-state index contributed by atoms with van der Waals surface area (Å²) in [5.74, 6) is 0. The van der Waals surface area contributed by atoms with Gasteiger partial charge < -0.3 is 4.42 Å². The number of hydrogen-bond acceptors (Lipinski definition) is 1. The van der Waals surface area contributed by atoms with Crippen molar-refractivity contribution < 1.29 is 4.42 Å². The summed E-state index contributed by atoms with van der Waals surface area (Å²) in [5.41, 5.74) is -5.50. The molecule has 1 heterocycles. The molecule has 0 aliphatic carbocycles. The van der Waals surface area contributed by atoms with Crippen molar-refractivity contribution in [1.82, 2.24) is 0 Å². The number of benzene rings is 10. The Hall–Kier alpha value is -4.75. The summed E-state index contributed by atoms with van der Waals surface area (Å²) >= 11 is 0. The first kappa shape index (κ1) is 58.0. The lowest BCUT2D eigenvalue weighted by molar-refractivity contribution is 0.676. The second-order valence-electron chi connectivity index (χ2n) is 19.9. The summed E-state index contributed by atoms with van der Waals surface area (Å²) < 4.78 is 6.49. The molecule has 0 unspecified atom stereocenters. The number of hydrogen-bond donors (Lipinski definition) is 0. The zero-order chi connectivity index (χ0) is 59.6. The van der Waals surface area contributed by atoms with Gasteiger partial charge in [0.2, 0.25) is 0 Å². The molecule has 0 saturated carbocycles. The molecule has 0 saturated heterocycles. The van der Waals surface area contributed by atoms with E-state index in [2.05, 4.69) is 0 Å². The Bertz CT molecular complexity index is 4820. The summed E-state index contributed by atoms with van der Waals surface area (Å²) in [6.07, 6.45) is 0. The molecule has 60 radical (unpaired) electrons. The van der Waals surface area contributed by atoms with Gasteiger partial charge in [-0.3, -0.25) is 0 Å². The van der Waals surface area contributed by atoms with E-state index in [0.29, 0.717) is 0 Å². The number of fused-ring (bicyclic) bond motifs is 10. The van der Waals surface area contributed by atoms with Crippen molar-refractivity contribution in [1.29, 1.82) is 0 Å². The van der Waals surface area contributed by atoms with Gasteiger partial charge in [-0.15, -0.1) is 49.2 Å². The predicted octanol–water partition coefficient (Wildman–Crippen LogP) is -21.8. The van der Waals surface area contributed by atoms with Gasteiger partial charge in [0, 0.05) is 16.2 Å². The molecule has 0 aliphatic rings. The molecule has 0 amide bonds. The van der Waals surface area contributed by atoms with E-state index in [-0.39, 0.29) is 273 Å². The van der Waals surface area contributed by atoms with Gasteiger partial charge in [-0.25, -0.2) is 0 Å². The minimum atomic E-state index is -0.308. The van der Waals surface area contributed by atoms with Crippen LogP contribution in [0.5, 0.6) is 0 Å². The fraction of sp³-hybridized carbons (Fsp3) is 0. The molecule has 1 nitrogen and oxygen atoms in total. The summed E-state index contributed by atoms with van der Waals surface area (Å²) in [4.78, 5) is 0. The zero-order valence-corrected chi connectivity index (χ0v) is 42.7. The predicted molar refractivity (Wildman–Crippen MR) is 379 cm³/mol. The van der Waals surface area contributed by atoms with Crippen molar-refractivity contribution in [2.75, 3.05) is 0 Å². The maximum Gasteiger partial charge on any atom is 0.141 e. The highest BCUT2D eigenvalue weighted by Crippen LogP contribution is 2.40. The first-order valence-corrected chi connectivity index (χ1v) is 23.8. The highest BCUT2D eigenvalue weighted by Gasteiger charge is 2.32. The van der Waals surface area contributed by atoms with Crippen LogP contribution in [0.4, 0.5) is 0 Å². The van der Waals surface area contributed by atoms with Crippen LogP contribution in [0.25, 0.3) is 109 Å². The molecule has 0 fully saturated rings. The van der Waals surface area contributed by atoms with E-state index in [0.717, 1.165) is 0 Å². The molecular formula is C50B30O. The Labute approximate surface area is 509 Å². The molecule has 11 rings (SSSR count). The number of rotatable bonds is 3. The van der Waals surface area contributed by atoms with Gasteiger partial charge in [-0.2, -0.15) is 0 Å². The van der Waals surface area contributed by atoms with E-state index >= 15 is 0 Å². The summed E-state index contributed by atoms with van der Waals surface area (Å²) in [7, 11) is 205. The fourth-order valence-electron chi connectivity index (χ4n) is 11.8. The Morgan fingerprint density at radius 2 is 0.309 bits per heavy atom. The van der Waals surface area contributed by atoms with E-state index in [9.17, 15) is 0 Å². The molecule has 296 valence electrons. The van der Waals surface area contributed by atoms with E-state index in [1.54, 1.807) is 0 Å². The maximum atomic E-state index is 7.39. The second kappa shape index (κ2) is 19.4. The summed E-state index contributed by atoms with van der Waals surface area (Å²) in [6, 6.07) is 0. The van der Waals surface area contributed by atoms with E-state index < -0.39 is 0 Å². The van der Waals surface area contributed by atoms with Gasteiger partial charge >= 0.3 is 0 Å². The molecular weight excluding hydrogens is 941 g/mol. The maximum absolute atomic E-state index is 7.39. The van der Waals surface area contributed by atoms with Gasteiger partial charge in [0.1, 0.15) is 247 Å². The first-order valence-electron chi connectivity index (χ1n) is 23.8. The molecule has 0 bridgehead atoms. The summed E-state index contributed by atoms with van der Waals surface area (Å²) in [6.45, 7) is 0. The zero-order valence-electron chi connectivity index (χ0n) is 42.7. The molecule has 0 spiro atoms. The third kappa shape index (κ3) is 7.30. The van der Waals surface area contributed by atoms with Gasteiger partial charge in [0.15, 0.2) is 0 Å². The lowest BCUT2D eigenvalue weighted by Crippen LogP contribution is -2.52. The Kier molecular flexibility index (Phi) is 13.9. The monoisotopic (exact) mass is 946 g/mol. The first-order chi connectivity index (χ1) is 37.8. The normalized spacial score (nSPS) is 12.0.